The summed E-state index contributed by atoms with van der Waals surface area (Å²) in [5.74, 6) is -0.793. The zero-order valence-corrected chi connectivity index (χ0v) is 17.0. The van der Waals surface area contributed by atoms with E-state index in [0.29, 0.717) is 35.5 Å². The number of rotatable bonds is 4. The molecule has 4 rings (SSSR count). The van der Waals surface area contributed by atoms with Crippen LogP contribution in [0.25, 0.3) is 0 Å². The van der Waals surface area contributed by atoms with Crippen molar-refractivity contribution in [1.29, 1.82) is 0 Å². The van der Waals surface area contributed by atoms with E-state index >= 15 is 0 Å². The number of hydrogen-bond acceptors (Lipinski definition) is 6. The lowest BCUT2D eigenvalue weighted by Gasteiger charge is -2.36. The van der Waals surface area contributed by atoms with Crippen LogP contribution in [0.2, 0.25) is 0 Å². The second-order valence-corrected chi connectivity index (χ2v) is 7.73. The molecule has 0 radical (unpaired) electrons. The predicted molar refractivity (Wildman–Crippen MR) is 111 cm³/mol. The SMILES string of the molecule is CC1CN(C(=O)c2ccc3c(c2NCCO)C(=O)c2ccccc2C3=O)CC(C)O1. The van der Waals surface area contributed by atoms with Crippen LogP contribution < -0.4 is 5.32 Å². The molecular weight excluding hydrogens is 384 g/mol. The number of anilines is 1. The lowest BCUT2D eigenvalue weighted by molar-refractivity contribution is -0.0585. The Kier molecular flexibility index (Phi) is 5.40. The van der Waals surface area contributed by atoms with E-state index < -0.39 is 0 Å². The lowest BCUT2D eigenvalue weighted by atomic mass is 9.82. The highest BCUT2D eigenvalue weighted by molar-refractivity contribution is 6.31. The molecule has 156 valence electrons. The number of aliphatic hydroxyl groups is 1. The average molecular weight is 408 g/mol. The summed E-state index contributed by atoms with van der Waals surface area (Å²) in [5.41, 5.74) is 1.74. The highest BCUT2D eigenvalue weighted by Gasteiger charge is 2.35. The number of fused-ring (bicyclic) bond motifs is 2. The second kappa shape index (κ2) is 8.01. The molecule has 2 N–H and O–H groups in total. The maximum absolute atomic E-state index is 13.4. The van der Waals surface area contributed by atoms with E-state index in [2.05, 4.69) is 5.32 Å². The van der Waals surface area contributed by atoms with E-state index in [1.165, 1.54) is 0 Å². The first kappa shape index (κ1) is 20.3. The molecule has 0 bridgehead atoms. The van der Waals surface area contributed by atoms with Crippen LogP contribution in [0.3, 0.4) is 0 Å². The van der Waals surface area contributed by atoms with E-state index in [1.807, 2.05) is 13.8 Å². The number of nitrogens with one attached hydrogen (secondary N) is 1. The van der Waals surface area contributed by atoms with Crippen molar-refractivity contribution in [2.24, 2.45) is 0 Å². The molecule has 1 fully saturated rings. The molecule has 1 heterocycles. The first-order chi connectivity index (χ1) is 14.4. The third-order valence-electron chi connectivity index (χ3n) is 5.44. The van der Waals surface area contributed by atoms with Crippen molar-refractivity contribution in [3.63, 3.8) is 0 Å². The fourth-order valence-corrected chi connectivity index (χ4v) is 4.24. The Morgan fingerprint density at radius 1 is 1.03 bits per heavy atom. The van der Waals surface area contributed by atoms with Gasteiger partial charge in [-0.2, -0.15) is 0 Å². The van der Waals surface area contributed by atoms with Crippen LogP contribution in [0.5, 0.6) is 0 Å². The largest absolute Gasteiger partial charge is 0.395 e. The smallest absolute Gasteiger partial charge is 0.256 e. The van der Waals surface area contributed by atoms with Gasteiger partial charge in [-0.1, -0.05) is 24.3 Å². The minimum absolute atomic E-state index is 0.0979. The van der Waals surface area contributed by atoms with E-state index in [4.69, 9.17) is 4.74 Å². The molecule has 0 saturated carbocycles. The topological polar surface area (TPSA) is 95.9 Å². The van der Waals surface area contributed by atoms with Crippen LogP contribution in [0.1, 0.15) is 56.0 Å². The number of amides is 1. The van der Waals surface area contributed by atoms with Gasteiger partial charge in [0, 0.05) is 36.3 Å². The van der Waals surface area contributed by atoms with Gasteiger partial charge < -0.3 is 20.1 Å². The third-order valence-corrected chi connectivity index (χ3v) is 5.44. The van der Waals surface area contributed by atoms with Gasteiger partial charge in [-0.3, -0.25) is 14.4 Å². The standard InChI is InChI=1S/C23H24N2O5/c1-13-11-25(12-14(2)30-13)23(29)18-8-7-17-19(20(18)24-9-10-26)22(28)16-6-4-3-5-15(16)21(17)27/h3-8,13-14,24,26H,9-12H2,1-2H3. The van der Waals surface area contributed by atoms with Crippen molar-refractivity contribution >= 4 is 23.2 Å². The van der Waals surface area contributed by atoms with Crippen LogP contribution in [0.15, 0.2) is 36.4 Å². The predicted octanol–water partition coefficient (Wildman–Crippen LogP) is 2.12. The van der Waals surface area contributed by atoms with Gasteiger partial charge in [0.25, 0.3) is 5.91 Å². The molecule has 2 aromatic carbocycles. The molecular formula is C23H24N2O5. The first-order valence-electron chi connectivity index (χ1n) is 10.1. The normalized spacial score (nSPS) is 20.6. The van der Waals surface area contributed by atoms with Crippen molar-refractivity contribution in [3.8, 4) is 0 Å². The van der Waals surface area contributed by atoms with Gasteiger partial charge in [0.2, 0.25) is 0 Å². The molecule has 2 aromatic rings. The van der Waals surface area contributed by atoms with Gasteiger partial charge >= 0.3 is 0 Å². The molecule has 1 amide bonds. The summed E-state index contributed by atoms with van der Waals surface area (Å²) in [6, 6.07) is 9.82. The molecule has 2 unspecified atom stereocenters. The number of nitrogens with zero attached hydrogens (tertiary/aromatic N) is 1. The molecule has 0 spiro atoms. The molecule has 2 aliphatic rings. The van der Waals surface area contributed by atoms with Crippen LogP contribution in [0, 0.1) is 0 Å². The van der Waals surface area contributed by atoms with Gasteiger partial charge in [-0.05, 0) is 26.0 Å². The Balaban J connectivity index is 1.82. The zero-order chi connectivity index (χ0) is 21.4. The van der Waals surface area contributed by atoms with Crippen molar-refractivity contribution < 1.29 is 24.2 Å². The highest BCUT2D eigenvalue weighted by atomic mass is 16.5. The monoisotopic (exact) mass is 408 g/mol. The number of carbonyl (C=O) groups excluding carboxylic acids is 3. The van der Waals surface area contributed by atoms with Crippen LogP contribution in [-0.2, 0) is 4.74 Å². The Morgan fingerprint density at radius 3 is 2.30 bits per heavy atom. The Bertz CT molecular complexity index is 1020. The van der Waals surface area contributed by atoms with Crippen LogP contribution >= 0.6 is 0 Å². The molecule has 0 aromatic heterocycles. The molecule has 1 aliphatic carbocycles. The summed E-state index contributed by atoms with van der Waals surface area (Å²) in [5, 5.41) is 12.3. The minimum atomic E-state index is -0.306. The molecule has 2 atom stereocenters. The van der Waals surface area contributed by atoms with Crippen molar-refractivity contribution in [2.45, 2.75) is 26.1 Å². The maximum Gasteiger partial charge on any atom is 0.256 e. The number of ether oxygens (including phenoxy) is 1. The van der Waals surface area contributed by atoms with Gasteiger partial charge in [-0.15, -0.1) is 0 Å². The summed E-state index contributed by atoms with van der Waals surface area (Å²) in [6.45, 7) is 4.67. The number of ketones is 2. The van der Waals surface area contributed by atoms with Gasteiger partial charge in [-0.25, -0.2) is 0 Å². The first-order valence-corrected chi connectivity index (χ1v) is 10.1. The van der Waals surface area contributed by atoms with Crippen molar-refractivity contribution in [3.05, 3.63) is 64.2 Å². The van der Waals surface area contributed by atoms with Gasteiger partial charge in [0.15, 0.2) is 11.6 Å². The second-order valence-electron chi connectivity index (χ2n) is 7.73. The number of aliphatic hydroxyl groups excluding tert-OH is 1. The number of hydrogen-bond donors (Lipinski definition) is 2. The molecule has 30 heavy (non-hydrogen) atoms. The van der Waals surface area contributed by atoms with E-state index in [1.54, 1.807) is 41.3 Å². The Hall–Kier alpha value is -3.03. The summed E-state index contributed by atoms with van der Waals surface area (Å²) >= 11 is 0. The van der Waals surface area contributed by atoms with E-state index in [0.717, 1.165) is 0 Å². The summed E-state index contributed by atoms with van der Waals surface area (Å²) in [7, 11) is 0. The third kappa shape index (κ3) is 3.40. The minimum Gasteiger partial charge on any atom is -0.395 e. The number of carbonyl (C=O) groups is 3. The fraction of sp³-hybridized carbons (Fsp3) is 0.348. The molecule has 1 aliphatic heterocycles. The van der Waals surface area contributed by atoms with Crippen molar-refractivity contribution in [2.75, 3.05) is 31.6 Å². The van der Waals surface area contributed by atoms with E-state index in [9.17, 15) is 19.5 Å². The summed E-state index contributed by atoms with van der Waals surface area (Å²) in [6.07, 6.45) is -0.196. The van der Waals surface area contributed by atoms with Gasteiger partial charge in [0.05, 0.1) is 35.6 Å². The summed E-state index contributed by atoms with van der Waals surface area (Å²) in [4.78, 5) is 41.4. The lowest BCUT2D eigenvalue weighted by Crippen LogP contribution is -2.48. The maximum atomic E-state index is 13.4. The fourth-order valence-electron chi connectivity index (χ4n) is 4.24. The van der Waals surface area contributed by atoms with Crippen molar-refractivity contribution in [1.82, 2.24) is 4.90 Å². The number of benzene rings is 2. The van der Waals surface area contributed by atoms with Crippen LogP contribution in [0.4, 0.5) is 5.69 Å². The quantitative estimate of drug-likeness (QED) is 0.687. The Morgan fingerprint density at radius 2 is 1.67 bits per heavy atom. The average Bonchev–Trinajstić information content (AvgIpc) is 2.74. The number of morpholine rings is 1. The molecule has 7 nitrogen and oxygen atoms in total. The molecule has 7 heteroatoms. The molecule has 1 saturated heterocycles. The highest BCUT2D eigenvalue weighted by Crippen LogP contribution is 2.35. The zero-order valence-electron chi connectivity index (χ0n) is 17.0. The van der Waals surface area contributed by atoms with Crippen LogP contribution in [-0.4, -0.2) is 65.9 Å². The summed E-state index contributed by atoms with van der Waals surface area (Å²) < 4.78 is 5.72. The Labute approximate surface area is 174 Å². The van der Waals surface area contributed by atoms with Gasteiger partial charge in [0.1, 0.15) is 0 Å². The van der Waals surface area contributed by atoms with E-state index in [-0.39, 0.29) is 54.0 Å².